The van der Waals surface area contributed by atoms with Crippen LogP contribution in [0.1, 0.15) is 12.8 Å². The van der Waals surface area contributed by atoms with E-state index in [9.17, 15) is 10.1 Å². The highest BCUT2D eigenvalue weighted by Gasteiger charge is 2.13. The van der Waals surface area contributed by atoms with Crippen molar-refractivity contribution < 1.29 is 4.92 Å². The smallest absolute Gasteiger partial charge is 0.390 e. The number of nitrogens with zero attached hydrogens (tertiary/aromatic N) is 3. The molecule has 0 unspecified atom stereocenters. The van der Waals surface area contributed by atoms with Gasteiger partial charge in [0.1, 0.15) is 18.3 Å². The fourth-order valence-electron chi connectivity index (χ4n) is 1.41. The molecule has 0 atom stereocenters. The second-order valence-electron chi connectivity index (χ2n) is 3.31. The Morgan fingerprint density at radius 2 is 2.44 bits per heavy atom. The van der Waals surface area contributed by atoms with Crippen molar-refractivity contribution in [2.75, 3.05) is 0 Å². The average Bonchev–Trinajstić information content (AvgIpc) is 2.76. The first kappa shape index (κ1) is 10.9. The standard InChI is InChI=1S/C10H11N3O2S/c14-13(15)10-11-6-7-12(10)8-16-9-4-2-1-3-5-9/h2,4-7H,1,3,8H2. The Morgan fingerprint density at radius 1 is 1.56 bits per heavy atom. The largest absolute Gasteiger partial charge is 0.435 e. The quantitative estimate of drug-likeness (QED) is 0.596. The predicted octanol–water partition coefficient (Wildman–Crippen LogP) is 2.72. The van der Waals surface area contributed by atoms with Crippen LogP contribution in [-0.4, -0.2) is 14.5 Å². The summed E-state index contributed by atoms with van der Waals surface area (Å²) in [4.78, 5) is 15.0. The molecule has 6 heteroatoms. The predicted molar refractivity (Wildman–Crippen MR) is 62.9 cm³/mol. The summed E-state index contributed by atoms with van der Waals surface area (Å²) in [6.07, 6.45) is 11.5. The maximum Gasteiger partial charge on any atom is 0.435 e. The van der Waals surface area contributed by atoms with Gasteiger partial charge in [0, 0.05) is 4.91 Å². The van der Waals surface area contributed by atoms with Crippen LogP contribution < -0.4 is 0 Å². The number of rotatable bonds is 4. The van der Waals surface area contributed by atoms with Gasteiger partial charge < -0.3 is 10.1 Å². The van der Waals surface area contributed by atoms with Gasteiger partial charge in [-0.15, -0.1) is 0 Å². The fraction of sp³-hybridized carbons (Fsp3) is 0.300. The molecule has 0 radical (unpaired) electrons. The second-order valence-corrected chi connectivity index (χ2v) is 4.33. The molecule has 0 amide bonds. The van der Waals surface area contributed by atoms with Crippen LogP contribution in [0.25, 0.3) is 0 Å². The number of imidazole rings is 1. The molecule has 16 heavy (non-hydrogen) atoms. The minimum absolute atomic E-state index is 0.104. The van der Waals surface area contributed by atoms with E-state index < -0.39 is 4.92 Å². The summed E-state index contributed by atoms with van der Waals surface area (Å²) >= 11 is 1.58. The van der Waals surface area contributed by atoms with Crippen LogP contribution in [0.3, 0.4) is 0 Å². The topological polar surface area (TPSA) is 61.0 Å². The Labute approximate surface area is 97.0 Å². The van der Waals surface area contributed by atoms with E-state index in [1.165, 1.54) is 10.8 Å². The highest BCUT2D eigenvalue weighted by molar-refractivity contribution is 8.02. The normalized spacial score (nSPS) is 14.9. The van der Waals surface area contributed by atoms with Crippen molar-refractivity contribution in [3.8, 4) is 0 Å². The minimum atomic E-state index is -0.467. The molecule has 0 aromatic carbocycles. The van der Waals surface area contributed by atoms with E-state index in [4.69, 9.17) is 0 Å². The molecule has 5 nitrogen and oxygen atoms in total. The number of hydrogen-bond acceptors (Lipinski definition) is 4. The van der Waals surface area contributed by atoms with Gasteiger partial charge in [-0.1, -0.05) is 35.0 Å². The molecule has 0 saturated heterocycles. The summed E-state index contributed by atoms with van der Waals surface area (Å²) < 4.78 is 1.54. The van der Waals surface area contributed by atoms with Crippen LogP contribution in [0.2, 0.25) is 0 Å². The summed E-state index contributed by atoms with van der Waals surface area (Å²) in [5, 5.41) is 10.6. The van der Waals surface area contributed by atoms with Crippen LogP contribution in [-0.2, 0) is 5.88 Å². The molecule has 1 aliphatic rings. The third kappa shape index (κ3) is 2.52. The van der Waals surface area contributed by atoms with Gasteiger partial charge in [0.05, 0.1) is 0 Å². The summed E-state index contributed by atoms with van der Waals surface area (Å²) in [6, 6.07) is 0. The Kier molecular flexibility index (Phi) is 3.40. The van der Waals surface area contributed by atoms with Crippen molar-refractivity contribution in [2.45, 2.75) is 18.7 Å². The molecule has 0 fully saturated rings. The lowest BCUT2D eigenvalue weighted by Gasteiger charge is -2.05. The number of hydrogen-bond donors (Lipinski definition) is 0. The van der Waals surface area contributed by atoms with Gasteiger partial charge >= 0.3 is 5.95 Å². The average molecular weight is 237 g/mol. The Balaban J connectivity index is 1.99. The van der Waals surface area contributed by atoms with E-state index in [1.807, 2.05) is 0 Å². The summed E-state index contributed by atoms with van der Waals surface area (Å²) in [6.45, 7) is 0. The van der Waals surface area contributed by atoms with Crippen molar-refractivity contribution in [1.82, 2.24) is 9.55 Å². The molecule has 0 aliphatic heterocycles. The third-order valence-corrected chi connectivity index (χ3v) is 3.23. The molecule has 0 N–H and O–H groups in total. The molecular formula is C10H11N3O2S. The van der Waals surface area contributed by atoms with Crippen molar-refractivity contribution in [2.24, 2.45) is 0 Å². The molecule has 1 aromatic heterocycles. The lowest BCUT2D eigenvalue weighted by Crippen LogP contribution is -2.01. The van der Waals surface area contributed by atoms with Gasteiger partial charge in [0.15, 0.2) is 0 Å². The molecule has 1 heterocycles. The summed E-state index contributed by atoms with van der Waals surface area (Å²) in [5.41, 5.74) is 0. The van der Waals surface area contributed by atoms with E-state index in [-0.39, 0.29) is 5.95 Å². The first-order valence-electron chi connectivity index (χ1n) is 4.92. The van der Waals surface area contributed by atoms with Crippen LogP contribution in [0.5, 0.6) is 0 Å². The Morgan fingerprint density at radius 3 is 3.12 bits per heavy atom. The first-order valence-corrected chi connectivity index (χ1v) is 5.91. The van der Waals surface area contributed by atoms with Crippen LogP contribution in [0, 0.1) is 10.1 Å². The van der Waals surface area contributed by atoms with E-state index in [0.717, 1.165) is 17.7 Å². The Hall–Kier alpha value is -1.56. The van der Waals surface area contributed by atoms with E-state index in [1.54, 1.807) is 18.0 Å². The highest BCUT2D eigenvalue weighted by Crippen LogP contribution is 2.25. The number of aromatic nitrogens is 2. The number of allylic oxidation sites excluding steroid dienone is 3. The zero-order valence-electron chi connectivity index (χ0n) is 8.57. The molecule has 1 aromatic rings. The van der Waals surface area contributed by atoms with Gasteiger partial charge in [-0.05, 0) is 17.8 Å². The summed E-state index contributed by atoms with van der Waals surface area (Å²) in [5.74, 6) is 0.417. The van der Waals surface area contributed by atoms with Crippen molar-refractivity contribution in [3.05, 3.63) is 45.6 Å². The van der Waals surface area contributed by atoms with Crippen molar-refractivity contribution in [1.29, 1.82) is 0 Å². The number of thioether (sulfide) groups is 1. The van der Waals surface area contributed by atoms with E-state index >= 15 is 0 Å². The lowest BCUT2D eigenvalue weighted by atomic mass is 10.2. The highest BCUT2D eigenvalue weighted by atomic mass is 32.2. The first-order chi connectivity index (χ1) is 7.77. The van der Waals surface area contributed by atoms with E-state index in [0.29, 0.717) is 5.88 Å². The molecule has 0 spiro atoms. The van der Waals surface area contributed by atoms with Gasteiger partial charge in [-0.2, -0.15) is 0 Å². The summed E-state index contributed by atoms with van der Waals surface area (Å²) in [7, 11) is 0. The van der Waals surface area contributed by atoms with Crippen LogP contribution in [0.4, 0.5) is 5.95 Å². The molecular weight excluding hydrogens is 226 g/mol. The fourth-order valence-corrected chi connectivity index (χ4v) is 2.33. The second kappa shape index (κ2) is 4.98. The molecule has 0 saturated carbocycles. The molecule has 1 aliphatic carbocycles. The Bertz CT molecular complexity index is 451. The van der Waals surface area contributed by atoms with Gasteiger partial charge in [0.25, 0.3) is 0 Å². The monoisotopic (exact) mass is 237 g/mol. The van der Waals surface area contributed by atoms with Gasteiger partial charge in [0.2, 0.25) is 0 Å². The molecule has 2 rings (SSSR count). The van der Waals surface area contributed by atoms with Gasteiger partial charge in [-0.25, -0.2) is 4.57 Å². The van der Waals surface area contributed by atoms with Crippen molar-refractivity contribution >= 4 is 17.7 Å². The number of nitro groups is 1. The van der Waals surface area contributed by atoms with Crippen LogP contribution in [0.15, 0.2) is 35.5 Å². The lowest BCUT2D eigenvalue weighted by molar-refractivity contribution is -0.396. The van der Waals surface area contributed by atoms with Crippen LogP contribution >= 0.6 is 11.8 Å². The zero-order valence-corrected chi connectivity index (χ0v) is 9.39. The third-order valence-electron chi connectivity index (χ3n) is 2.19. The van der Waals surface area contributed by atoms with E-state index in [2.05, 4.69) is 23.2 Å². The minimum Gasteiger partial charge on any atom is -0.390 e. The zero-order chi connectivity index (χ0) is 11.4. The maximum atomic E-state index is 10.6. The SMILES string of the molecule is O=[N+]([O-])c1nccn1CSC1=CCCC=C1. The molecule has 84 valence electrons. The van der Waals surface area contributed by atoms with Gasteiger partial charge in [-0.3, -0.25) is 0 Å². The molecule has 0 bridgehead atoms. The van der Waals surface area contributed by atoms with Crippen molar-refractivity contribution in [3.63, 3.8) is 0 Å². The maximum absolute atomic E-state index is 10.6.